The molecule has 4 bridgehead atoms. The van der Waals surface area contributed by atoms with Gasteiger partial charge in [0.1, 0.15) is 0 Å². The molecule has 0 aromatic carbocycles. The van der Waals surface area contributed by atoms with E-state index in [4.69, 9.17) is 4.74 Å². The van der Waals surface area contributed by atoms with Gasteiger partial charge in [-0.15, -0.1) is 0 Å². The summed E-state index contributed by atoms with van der Waals surface area (Å²) in [4.78, 5) is 12.1. The summed E-state index contributed by atoms with van der Waals surface area (Å²) in [6.07, 6.45) is 12.8. The standard InChI is InChI=1S/C21H33N3O2/c1-19-8-17-9-20(2,13-19)15-21(10-17,14-19)26-7-6-22-18(25)5-4-16-11-23-24(3)12-16/h11-12,17H,4-10,13-15H2,1-3H3,(H,22,25)/t17?,19-,20+,21?. The number of aryl methyl sites for hydroxylation is 2. The lowest BCUT2D eigenvalue weighted by molar-refractivity contribution is -0.213. The van der Waals surface area contributed by atoms with Gasteiger partial charge in [0, 0.05) is 26.2 Å². The minimum absolute atomic E-state index is 0.0728. The monoisotopic (exact) mass is 359 g/mol. The minimum atomic E-state index is 0.0728. The molecule has 1 heterocycles. The highest BCUT2D eigenvalue weighted by Crippen LogP contribution is 2.67. The second-order valence-corrected chi connectivity index (χ2v) is 10.0. The molecule has 144 valence electrons. The summed E-state index contributed by atoms with van der Waals surface area (Å²) in [5, 5.41) is 7.16. The van der Waals surface area contributed by atoms with Crippen LogP contribution in [0.3, 0.4) is 0 Å². The van der Waals surface area contributed by atoms with Crippen molar-refractivity contribution in [1.29, 1.82) is 0 Å². The Labute approximate surface area is 156 Å². The quantitative estimate of drug-likeness (QED) is 0.761. The molecule has 4 aliphatic carbocycles. The molecular formula is C21H33N3O2. The van der Waals surface area contributed by atoms with Gasteiger partial charge in [-0.3, -0.25) is 9.48 Å². The average molecular weight is 360 g/mol. The molecule has 1 aromatic rings. The molecule has 1 aromatic heterocycles. The number of nitrogens with zero attached hydrogens (tertiary/aromatic N) is 2. The Balaban J connectivity index is 1.22. The number of amides is 1. The Hall–Kier alpha value is -1.36. The fraction of sp³-hybridized carbons (Fsp3) is 0.810. The molecule has 4 aliphatic rings. The van der Waals surface area contributed by atoms with Gasteiger partial charge in [-0.1, -0.05) is 13.8 Å². The number of rotatable bonds is 7. The summed E-state index contributed by atoms with van der Waals surface area (Å²) in [5.74, 6) is 0.942. The number of hydrogen-bond donors (Lipinski definition) is 1. The van der Waals surface area contributed by atoms with Crippen molar-refractivity contribution in [3.8, 4) is 0 Å². The van der Waals surface area contributed by atoms with E-state index in [1.807, 2.05) is 19.4 Å². The molecule has 4 saturated carbocycles. The van der Waals surface area contributed by atoms with Crippen molar-refractivity contribution in [3.05, 3.63) is 18.0 Å². The maximum absolute atomic E-state index is 12.1. The third kappa shape index (κ3) is 3.68. The average Bonchev–Trinajstić information content (AvgIpc) is 2.91. The molecule has 2 unspecified atom stereocenters. The van der Waals surface area contributed by atoms with Crippen LogP contribution in [0.15, 0.2) is 12.4 Å². The first kappa shape index (κ1) is 18.0. The number of carbonyl (C=O) groups is 1. The third-order valence-corrected chi connectivity index (χ3v) is 6.81. The molecule has 5 heteroatoms. The van der Waals surface area contributed by atoms with Gasteiger partial charge in [0.25, 0.3) is 0 Å². The van der Waals surface area contributed by atoms with Crippen molar-refractivity contribution in [1.82, 2.24) is 15.1 Å². The lowest BCUT2D eigenvalue weighted by atomic mass is 9.43. The second kappa shape index (κ2) is 6.36. The molecular weight excluding hydrogens is 326 g/mol. The van der Waals surface area contributed by atoms with Crippen molar-refractivity contribution in [2.45, 2.75) is 70.8 Å². The number of nitrogens with one attached hydrogen (secondary N) is 1. The number of aromatic nitrogens is 2. The summed E-state index contributed by atoms with van der Waals surface area (Å²) < 4.78 is 8.23. The van der Waals surface area contributed by atoms with E-state index in [-0.39, 0.29) is 11.5 Å². The van der Waals surface area contributed by atoms with Crippen LogP contribution in [0.25, 0.3) is 0 Å². The Morgan fingerprint density at radius 2 is 2.00 bits per heavy atom. The van der Waals surface area contributed by atoms with Gasteiger partial charge >= 0.3 is 0 Å². The maximum Gasteiger partial charge on any atom is 0.220 e. The first-order valence-electron chi connectivity index (χ1n) is 10.2. The highest BCUT2D eigenvalue weighted by atomic mass is 16.5. The Bertz CT molecular complexity index is 665. The molecule has 4 atom stereocenters. The number of hydrogen-bond acceptors (Lipinski definition) is 3. The lowest BCUT2D eigenvalue weighted by Crippen LogP contribution is -2.59. The van der Waals surface area contributed by atoms with Crippen molar-refractivity contribution in [3.63, 3.8) is 0 Å². The smallest absolute Gasteiger partial charge is 0.220 e. The Morgan fingerprint density at radius 1 is 1.27 bits per heavy atom. The van der Waals surface area contributed by atoms with Gasteiger partial charge in [0.2, 0.25) is 5.91 Å². The summed E-state index contributed by atoms with van der Waals surface area (Å²) >= 11 is 0. The van der Waals surface area contributed by atoms with Crippen LogP contribution in [-0.2, 0) is 23.0 Å². The van der Waals surface area contributed by atoms with Crippen molar-refractivity contribution < 1.29 is 9.53 Å². The highest BCUT2D eigenvalue weighted by molar-refractivity contribution is 5.76. The van der Waals surface area contributed by atoms with E-state index in [0.717, 1.165) is 17.9 Å². The van der Waals surface area contributed by atoms with Crippen LogP contribution in [0.1, 0.15) is 64.4 Å². The largest absolute Gasteiger partial charge is 0.373 e. The predicted molar refractivity (Wildman–Crippen MR) is 101 cm³/mol. The maximum atomic E-state index is 12.1. The molecule has 1 amide bonds. The second-order valence-electron chi connectivity index (χ2n) is 10.0. The van der Waals surface area contributed by atoms with Gasteiger partial charge in [0.05, 0.1) is 18.4 Å². The van der Waals surface area contributed by atoms with Crippen LogP contribution in [0.4, 0.5) is 0 Å². The highest BCUT2D eigenvalue weighted by Gasteiger charge is 2.60. The van der Waals surface area contributed by atoms with Crippen LogP contribution >= 0.6 is 0 Å². The third-order valence-electron chi connectivity index (χ3n) is 6.81. The zero-order valence-electron chi connectivity index (χ0n) is 16.5. The van der Waals surface area contributed by atoms with Crippen LogP contribution in [0.2, 0.25) is 0 Å². The number of carbonyl (C=O) groups excluding carboxylic acids is 1. The number of ether oxygens (including phenoxy) is 1. The molecule has 0 aliphatic heterocycles. The predicted octanol–water partition coefficient (Wildman–Crippen LogP) is 3.23. The Morgan fingerprint density at radius 3 is 2.62 bits per heavy atom. The van der Waals surface area contributed by atoms with Crippen LogP contribution < -0.4 is 5.32 Å². The summed E-state index contributed by atoms with van der Waals surface area (Å²) in [6, 6.07) is 0. The van der Waals surface area contributed by atoms with Crippen molar-refractivity contribution in [2.75, 3.05) is 13.2 Å². The van der Waals surface area contributed by atoms with Crippen LogP contribution in [0, 0.1) is 16.7 Å². The van der Waals surface area contributed by atoms with Crippen LogP contribution in [-0.4, -0.2) is 34.4 Å². The van der Waals surface area contributed by atoms with E-state index in [1.165, 1.54) is 38.5 Å². The molecule has 5 nitrogen and oxygen atoms in total. The Kier molecular flexibility index (Phi) is 4.41. The van der Waals surface area contributed by atoms with E-state index in [9.17, 15) is 4.79 Å². The first-order chi connectivity index (χ1) is 12.3. The van der Waals surface area contributed by atoms with Gasteiger partial charge in [-0.2, -0.15) is 5.10 Å². The van der Waals surface area contributed by atoms with Crippen molar-refractivity contribution in [2.24, 2.45) is 23.8 Å². The fourth-order valence-corrected chi connectivity index (χ4v) is 6.91. The summed E-state index contributed by atoms with van der Waals surface area (Å²) in [5.41, 5.74) is 2.12. The summed E-state index contributed by atoms with van der Waals surface area (Å²) in [7, 11) is 1.90. The minimum Gasteiger partial charge on any atom is -0.373 e. The lowest BCUT2D eigenvalue weighted by Gasteiger charge is -2.65. The molecule has 1 N–H and O–H groups in total. The SMILES string of the molecule is Cn1cc(CCC(=O)NCCOC23CC4C[C@@](C)(C2)C[C@](C)(C4)C3)cn1. The van der Waals surface area contributed by atoms with E-state index in [0.29, 0.717) is 30.4 Å². The van der Waals surface area contributed by atoms with E-state index in [2.05, 4.69) is 24.3 Å². The topological polar surface area (TPSA) is 56.2 Å². The molecule has 0 saturated heterocycles. The van der Waals surface area contributed by atoms with E-state index >= 15 is 0 Å². The molecule has 5 rings (SSSR count). The van der Waals surface area contributed by atoms with Gasteiger partial charge in [0.15, 0.2) is 0 Å². The molecule has 26 heavy (non-hydrogen) atoms. The molecule has 4 fully saturated rings. The van der Waals surface area contributed by atoms with Crippen molar-refractivity contribution >= 4 is 5.91 Å². The van der Waals surface area contributed by atoms with E-state index in [1.54, 1.807) is 4.68 Å². The van der Waals surface area contributed by atoms with Gasteiger partial charge < -0.3 is 10.1 Å². The zero-order valence-corrected chi connectivity index (χ0v) is 16.5. The molecule has 0 radical (unpaired) electrons. The molecule has 0 spiro atoms. The fourth-order valence-electron chi connectivity index (χ4n) is 6.91. The zero-order chi connectivity index (χ0) is 18.4. The van der Waals surface area contributed by atoms with Gasteiger partial charge in [-0.05, 0) is 67.3 Å². The first-order valence-corrected chi connectivity index (χ1v) is 10.2. The summed E-state index contributed by atoms with van der Waals surface area (Å²) in [6.45, 7) is 6.19. The normalized spacial score (nSPS) is 37.9. The van der Waals surface area contributed by atoms with Gasteiger partial charge in [-0.25, -0.2) is 0 Å². The van der Waals surface area contributed by atoms with E-state index < -0.39 is 0 Å². The van der Waals surface area contributed by atoms with Crippen LogP contribution in [0.5, 0.6) is 0 Å².